The van der Waals surface area contributed by atoms with E-state index in [0.29, 0.717) is 13.0 Å². The third-order valence-corrected chi connectivity index (χ3v) is 5.70. The number of morpholine rings is 1. The molecule has 5 heteroatoms. The van der Waals surface area contributed by atoms with Gasteiger partial charge in [-0.2, -0.15) is 0 Å². The van der Waals surface area contributed by atoms with Gasteiger partial charge in [-0.15, -0.1) is 0 Å². The molecule has 5 nitrogen and oxygen atoms in total. The number of fused-ring (bicyclic) bond motifs is 1. The first-order valence-electron chi connectivity index (χ1n) is 10.7. The van der Waals surface area contributed by atoms with Crippen LogP contribution in [-0.2, 0) is 22.5 Å². The van der Waals surface area contributed by atoms with E-state index in [1.54, 1.807) is 12.4 Å². The highest BCUT2D eigenvalue weighted by molar-refractivity contribution is 5.90. The minimum absolute atomic E-state index is 0.171. The summed E-state index contributed by atoms with van der Waals surface area (Å²) in [6.45, 7) is 5.94. The molecule has 4 rings (SSSR count). The minimum Gasteiger partial charge on any atom is -0.379 e. The highest BCUT2D eigenvalue weighted by Gasteiger charge is 2.17. The van der Waals surface area contributed by atoms with Gasteiger partial charge in [-0.05, 0) is 40.5 Å². The Morgan fingerprint density at radius 3 is 2.60 bits per heavy atom. The Morgan fingerprint density at radius 1 is 1.00 bits per heavy atom. The molecule has 0 atom stereocenters. The monoisotopic (exact) mass is 403 g/mol. The van der Waals surface area contributed by atoms with E-state index in [2.05, 4.69) is 34.1 Å². The molecule has 0 spiro atoms. The second-order valence-corrected chi connectivity index (χ2v) is 7.79. The van der Waals surface area contributed by atoms with Crippen molar-refractivity contribution in [1.29, 1.82) is 0 Å². The molecule has 1 amide bonds. The van der Waals surface area contributed by atoms with Crippen LogP contribution >= 0.6 is 0 Å². The van der Waals surface area contributed by atoms with Crippen molar-refractivity contribution in [3.63, 3.8) is 0 Å². The number of rotatable bonds is 8. The molecule has 156 valence electrons. The zero-order chi connectivity index (χ0) is 20.6. The summed E-state index contributed by atoms with van der Waals surface area (Å²) in [5, 5.41) is 2.33. The number of ether oxygens (including phenoxy) is 1. The van der Waals surface area contributed by atoms with Gasteiger partial charge in [-0.1, -0.05) is 42.5 Å². The van der Waals surface area contributed by atoms with Gasteiger partial charge in [0.2, 0.25) is 5.91 Å². The van der Waals surface area contributed by atoms with E-state index in [1.807, 2.05) is 35.2 Å². The zero-order valence-corrected chi connectivity index (χ0v) is 17.4. The third-order valence-electron chi connectivity index (χ3n) is 5.70. The van der Waals surface area contributed by atoms with Crippen LogP contribution in [0.2, 0.25) is 0 Å². The highest BCUT2D eigenvalue weighted by atomic mass is 16.5. The highest BCUT2D eigenvalue weighted by Crippen LogP contribution is 2.20. The first-order valence-corrected chi connectivity index (χ1v) is 10.7. The summed E-state index contributed by atoms with van der Waals surface area (Å²) < 4.78 is 5.43. The third kappa shape index (κ3) is 5.43. The second-order valence-electron chi connectivity index (χ2n) is 7.79. The van der Waals surface area contributed by atoms with Gasteiger partial charge in [-0.3, -0.25) is 14.7 Å². The normalized spacial score (nSPS) is 14.7. The SMILES string of the molecule is O=C(Cc1cccc2ccccc12)N(CCCN1CCOCC1)Cc1ccncc1. The fourth-order valence-electron chi connectivity index (χ4n) is 4.03. The molecular formula is C25H29N3O2. The number of carbonyl (C=O) groups excluding carboxylic acids is 1. The van der Waals surface area contributed by atoms with Crippen LogP contribution in [0, 0.1) is 0 Å². The summed E-state index contributed by atoms with van der Waals surface area (Å²) in [5.74, 6) is 0.171. The number of benzene rings is 2. The van der Waals surface area contributed by atoms with Crippen molar-refractivity contribution in [1.82, 2.24) is 14.8 Å². The quantitative estimate of drug-likeness (QED) is 0.577. The predicted molar refractivity (Wildman–Crippen MR) is 119 cm³/mol. The molecule has 2 aromatic carbocycles. The van der Waals surface area contributed by atoms with Crippen LogP contribution in [0.25, 0.3) is 10.8 Å². The molecule has 1 aliphatic heterocycles. The smallest absolute Gasteiger partial charge is 0.227 e. The molecule has 0 unspecified atom stereocenters. The number of amides is 1. The largest absolute Gasteiger partial charge is 0.379 e. The topological polar surface area (TPSA) is 45.7 Å². The molecule has 0 saturated carbocycles. The van der Waals surface area contributed by atoms with Gasteiger partial charge in [0.25, 0.3) is 0 Å². The zero-order valence-electron chi connectivity index (χ0n) is 17.4. The molecule has 0 aliphatic carbocycles. The molecular weight excluding hydrogens is 374 g/mol. The van der Waals surface area contributed by atoms with Crippen molar-refractivity contribution in [2.24, 2.45) is 0 Å². The van der Waals surface area contributed by atoms with Gasteiger partial charge in [0.1, 0.15) is 0 Å². The summed E-state index contributed by atoms with van der Waals surface area (Å²) in [5.41, 5.74) is 2.20. The van der Waals surface area contributed by atoms with E-state index in [1.165, 1.54) is 5.39 Å². The molecule has 30 heavy (non-hydrogen) atoms. The molecule has 1 fully saturated rings. The maximum atomic E-state index is 13.3. The maximum Gasteiger partial charge on any atom is 0.227 e. The van der Waals surface area contributed by atoms with Crippen LogP contribution in [0.1, 0.15) is 17.5 Å². The van der Waals surface area contributed by atoms with Crippen molar-refractivity contribution >= 4 is 16.7 Å². The Kier molecular flexibility index (Phi) is 7.06. The van der Waals surface area contributed by atoms with Crippen LogP contribution in [0.4, 0.5) is 0 Å². The van der Waals surface area contributed by atoms with Gasteiger partial charge < -0.3 is 9.64 Å². The van der Waals surface area contributed by atoms with Crippen molar-refractivity contribution in [2.75, 3.05) is 39.4 Å². The molecule has 1 saturated heterocycles. The van der Waals surface area contributed by atoms with Gasteiger partial charge in [0.15, 0.2) is 0 Å². The van der Waals surface area contributed by atoms with E-state index in [4.69, 9.17) is 4.74 Å². The lowest BCUT2D eigenvalue weighted by Gasteiger charge is -2.28. The van der Waals surface area contributed by atoms with Crippen LogP contribution in [0.3, 0.4) is 0 Å². The minimum atomic E-state index is 0.171. The van der Waals surface area contributed by atoms with E-state index in [9.17, 15) is 4.79 Å². The lowest BCUT2D eigenvalue weighted by molar-refractivity contribution is -0.131. The Hall–Kier alpha value is -2.76. The van der Waals surface area contributed by atoms with Crippen LogP contribution in [-0.4, -0.2) is 60.1 Å². The summed E-state index contributed by atoms with van der Waals surface area (Å²) >= 11 is 0. The van der Waals surface area contributed by atoms with Crippen molar-refractivity contribution in [3.8, 4) is 0 Å². The van der Waals surface area contributed by atoms with E-state index in [-0.39, 0.29) is 5.91 Å². The van der Waals surface area contributed by atoms with Gasteiger partial charge in [0.05, 0.1) is 19.6 Å². The van der Waals surface area contributed by atoms with E-state index >= 15 is 0 Å². The van der Waals surface area contributed by atoms with Crippen molar-refractivity contribution in [2.45, 2.75) is 19.4 Å². The fraction of sp³-hybridized carbons (Fsp3) is 0.360. The van der Waals surface area contributed by atoms with Crippen LogP contribution < -0.4 is 0 Å². The summed E-state index contributed by atoms with van der Waals surface area (Å²) in [6, 6.07) is 18.4. The predicted octanol–water partition coefficient (Wildman–Crippen LogP) is 3.53. The fourth-order valence-corrected chi connectivity index (χ4v) is 4.03. The lowest BCUT2D eigenvalue weighted by Crippen LogP contribution is -2.39. The molecule has 1 aromatic heterocycles. The first kappa shape index (κ1) is 20.5. The second kappa shape index (κ2) is 10.3. The van der Waals surface area contributed by atoms with Crippen molar-refractivity contribution in [3.05, 3.63) is 78.1 Å². The average molecular weight is 404 g/mol. The number of pyridine rings is 1. The number of nitrogens with zero attached hydrogens (tertiary/aromatic N) is 3. The van der Waals surface area contributed by atoms with Crippen LogP contribution in [0.5, 0.6) is 0 Å². The van der Waals surface area contributed by atoms with Gasteiger partial charge in [0, 0.05) is 45.1 Å². The maximum absolute atomic E-state index is 13.3. The molecule has 1 aliphatic rings. The Labute approximate surface area is 178 Å². The lowest BCUT2D eigenvalue weighted by atomic mass is 10.0. The van der Waals surface area contributed by atoms with Crippen molar-refractivity contribution < 1.29 is 9.53 Å². The molecule has 3 aromatic rings. The molecule has 2 heterocycles. The summed E-state index contributed by atoms with van der Waals surface area (Å²) in [6.07, 6.45) is 4.96. The van der Waals surface area contributed by atoms with Crippen LogP contribution in [0.15, 0.2) is 67.0 Å². The van der Waals surface area contributed by atoms with Gasteiger partial charge >= 0.3 is 0 Å². The van der Waals surface area contributed by atoms with Gasteiger partial charge in [-0.25, -0.2) is 0 Å². The Bertz CT molecular complexity index is 950. The van der Waals surface area contributed by atoms with E-state index in [0.717, 1.165) is 62.3 Å². The molecule has 0 N–H and O–H groups in total. The summed E-state index contributed by atoms with van der Waals surface area (Å²) in [4.78, 5) is 21.8. The summed E-state index contributed by atoms with van der Waals surface area (Å²) in [7, 11) is 0. The number of hydrogen-bond acceptors (Lipinski definition) is 4. The number of carbonyl (C=O) groups is 1. The standard InChI is InChI=1S/C25H29N3O2/c29-25(19-23-7-3-6-22-5-1-2-8-24(22)23)28(20-21-9-11-26-12-10-21)14-4-13-27-15-17-30-18-16-27/h1-3,5-12H,4,13-20H2. The Morgan fingerprint density at radius 2 is 1.77 bits per heavy atom. The van der Waals surface area contributed by atoms with E-state index < -0.39 is 0 Å². The molecule has 0 bridgehead atoms. The number of aromatic nitrogens is 1. The molecule has 0 radical (unpaired) electrons. The average Bonchev–Trinajstić information content (AvgIpc) is 2.80. The number of hydrogen-bond donors (Lipinski definition) is 0. The Balaban J connectivity index is 1.45. The first-order chi connectivity index (χ1) is 14.8.